The number of likely N-dealkylation sites (tertiary alicyclic amines) is 1. The number of carbonyl (C=O) groups is 1. The van der Waals surface area contributed by atoms with E-state index in [0.717, 1.165) is 13.1 Å². The minimum absolute atomic E-state index is 0.119. The van der Waals surface area contributed by atoms with Gasteiger partial charge in [-0.3, -0.25) is 14.8 Å². The van der Waals surface area contributed by atoms with Crippen molar-refractivity contribution in [3.05, 3.63) is 18.0 Å². The molecule has 2 heterocycles. The standard InChI is InChI=1S/C10H15N3O/c14-10(9-4-5-11-12-9)8-13-6-2-1-3-7-13/h4-5H,1-3,6-8H2,(H,11,12). The van der Waals surface area contributed by atoms with Gasteiger partial charge in [0, 0.05) is 6.20 Å². The van der Waals surface area contributed by atoms with Crippen molar-refractivity contribution in [3.63, 3.8) is 0 Å². The molecule has 1 aromatic heterocycles. The van der Waals surface area contributed by atoms with Crippen molar-refractivity contribution >= 4 is 5.78 Å². The molecule has 1 aromatic rings. The van der Waals surface area contributed by atoms with Gasteiger partial charge in [0.1, 0.15) is 5.69 Å². The minimum atomic E-state index is 0.119. The summed E-state index contributed by atoms with van der Waals surface area (Å²) in [6, 6.07) is 1.73. The number of piperidine rings is 1. The summed E-state index contributed by atoms with van der Waals surface area (Å²) in [7, 11) is 0. The van der Waals surface area contributed by atoms with Crippen LogP contribution >= 0.6 is 0 Å². The number of Topliss-reactive ketones (excluding diaryl/α,β-unsaturated/α-hetero) is 1. The van der Waals surface area contributed by atoms with Crippen LogP contribution < -0.4 is 0 Å². The monoisotopic (exact) mass is 193 g/mol. The number of H-pyrrole nitrogens is 1. The summed E-state index contributed by atoms with van der Waals surface area (Å²) >= 11 is 0. The fraction of sp³-hybridized carbons (Fsp3) is 0.600. The zero-order valence-corrected chi connectivity index (χ0v) is 8.20. The Hall–Kier alpha value is -1.16. The second kappa shape index (κ2) is 4.37. The Labute approximate surface area is 83.3 Å². The molecule has 1 aliphatic rings. The number of hydrogen-bond donors (Lipinski definition) is 1. The quantitative estimate of drug-likeness (QED) is 0.731. The Morgan fingerprint density at radius 3 is 2.86 bits per heavy atom. The van der Waals surface area contributed by atoms with E-state index in [9.17, 15) is 4.79 Å². The number of carbonyl (C=O) groups excluding carboxylic acids is 1. The van der Waals surface area contributed by atoms with E-state index in [0.29, 0.717) is 12.2 Å². The predicted molar refractivity (Wildman–Crippen MR) is 53.2 cm³/mol. The molecule has 2 rings (SSSR count). The number of nitrogens with zero attached hydrogens (tertiary/aromatic N) is 2. The normalized spacial score (nSPS) is 18.3. The summed E-state index contributed by atoms with van der Waals surface area (Å²) in [5.74, 6) is 0.119. The zero-order chi connectivity index (χ0) is 9.80. The molecule has 1 N–H and O–H groups in total. The van der Waals surface area contributed by atoms with Gasteiger partial charge < -0.3 is 0 Å². The highest BCUT2D eigenvalue weighted by molar-refractivity contribution is 5.95. The average molecular weight is 193 g/mol. The molecule has 0 aliphatic carbocycles. The molecule has 0 unspecified atom stereocenters. The van der Waals surface area contributed by atoms with Crippen LogP contribution in [0.1, 0.15) is 29.8 Å². The van der Waals surface area contributed by atoms with Crippen molar-refractivity contribution in [2.45, 2.75) is 19.3 Å². The van der Waals surface area contributed by atoms with Gasteiger partial charge >= 0.3 is 0 Å². The number of nitrogens with one attached hydrogen (secondary N) is 1. The van der Waals surface area contributed by atoms with Crippen molar-refractivity contribution < 1.29 is 4.79 Å². The van der Waals surface area contributed by atoms with E-state index in [2.05, 4.69) is 15.1 Å². The largest absolute Gasteiger partial charge is 0.296 e. The topological polar surface area (TPSA) is 49.0 Å². The summed E-state index contributed by atoms with van der Waals surface area (Å²) < 4.78 is 0. The molecule has 1 saturated heterocycles. The molecule has 0 atom stereocenters. The maximum atomic E-state index is 11.6. The van der Waals surface area contributed by atoms with Crippen LogP contribution in [0.3, 0.4) is 0 Å². The molecule has 0 spiro atoms. The number of rotatable bonds is 3. The molecule has 14 heavy (non-hydrogen) atoms. The second-order valence-electron chi connectivity index (χ2n) is 3.72. The predicted octanol–water partition coefficient (Wildman–Crippen LogP) is 1.08. The maximum Gasteiger partial charge on any atom is 0.196 e. The molecular formula is C10H15N3O. The lowest BCUT2D eigenvalue weighted by molar-refractivity contribution is 0.0911. The molecule has 4 heteroatoms. The zero-order valence-electron chi connectivity index (χ0n) is 8.20. The van der Waals surface area contributed by atoms with E-state index in [-0.39, 0.29) is 5.78 Å². The van der Waals surface area contributed by atoms with E-state index in [1.165, 1.54) is 19.3 Å². The van der Waals surface area contributed by atoms with Gasteiger partial charge in [-0.15, -0.1) is 0 Å². The minimum Gasteiger partial charge on any atom is -0.296 e. The first-order valence-corrected chi connectivity index (χ1v) is 5.11. The number of ketones is 1. The summed E-state index contributed by atoms with van der Waals surface area (Å²) in [5.41, 5.74) is 0.551. The average Bonchev–Trinajstić information content (AvgIpc) is 2.72. The molecule has 0 saturated carbocycles. The molecule has 76 valence electrons. The highest BCUT2D eigenvalue weighted by Crippen LogP contribution is 2.09. The Kier molecular flexibility index (Phi) is 2.93. The second-order valence-corrected chi connectivity index (χ2v) is 3.72. The van der Waals surface area contributed by atoms with Crippen LogP contribution in [-0.2, 0) is 0 Å². The Balaban J connectivity index is 1.87. The van der Waals surface area contributed by atoms with E-state index < -0.39 is 0 Å². The van der Waals surface area contributed by atoms with Crippen LogP contribution in [-0.4, -0.2) is 40.5 Å². The Bertz CT molecular complexity index is 288. The molecule has 0 aromatic carbocycles. The Morgan fingerprint density at radius 1 is 1.43 bits per heavy atom. The SMILES string of the molecule is O=C(CN1CCCCC1)c1cc[nH]n1. The number of aromatic amines is 1. The third-order valence-corrected chi connectivity index (χ3v) is 2.60. The molecule has 1 fully saturated rings. The van der Waals surface area contributed by atoms with Gasteiger partial charge in [0.15, 0.2) is 5.78 Å². The van der Waals surface area contributed by atoms with Crippen LogP contribution in [0.2, 0.25) is 0 Å². The Morgan fingerprint density at radius 2 is 2.21 bits per heavy atom. The lowest BCUT2D eigenvalue weighted by Crippen LogP contribution is -2.34. The van der Waals surface area contributed by atoms with Crippen molar-refractivity contribution in [2.75, 3.05) is 19.6 Å². The van der Waals surface area contributed by atoms with Gasteiger partial charge in [0.25, 0.3) is 0 Å². The lowest BCUT2D eigenvalue weighted by Gasteiger charge is -2.25. The maximum absolute atomic E-state index is 11.6. The highest BCUT2D eigenvalue weighted by atomic mass is 16.1. The molecule has 4 nitrogen and oxygen atoms in total. The van der Waals surface area contributed by atoms with Gasteiger partial charge in [-0.25, -0.2) is 0 Å². The fourth-order valence-corrected chi connectivity index (χ4v) is 1.82. The van der Waals surface area contributed by atoms with Crippen LogP contribution in [0.4, 0.5) is 0 Å². The van der Waals surface area contributed by atoms with Gasteiger partial charge in [0.05, 0.1) is 6.54 Å². The molecular weight excluding hydrogens is 178 g/mol. The summed E-state index contributed by atoms with van der Waals surface area (Å²) in [6.07, 6.45) is 5.41. The first-order chi connectivity index (χ1) is 6.86. The van der Waals surface area contributed by atoms with Crippen LogP contribution in [0.5, 0.6) is 0 Å². The molecule has 0 radical (unpaired) electrons. The summed E-state index contributed by atoms with van der Waals surface area (Å²) in [5, 5.41) is 6.54. The van der Waals surface area contributed by atoms with Gasteiger partial charge in [-0.2, -0.15) is 5.10 Å². The highest BCUT2D eigenvalue weighted by Gasteiger charge is 2.15. The number of aromatic nitrogens is 2. The first kappa shape index (κ1) is 9.40. The first-order valence-electron chi connectivity index (χ1n) is 5.11. The van der Waals surface area contributed by atoms with Crippen LogP contribution in [0, 0.1) is 0 Å². The van der Waals surface area contributed by atoms with Crippen molar-refractivity contribution in [3.8, 4) is 0 Å². The van der Waals surface area contributed by atoms with E-state index in [4.69, 9.17) is 0 Å². The molecule has 0 amide bonds. The summed E-state index contributed by atoms with van der Waals surface area (Å²) in [4.78, 5) is 13.9. The van der Waals surface area contributed by atoms with E-state index in [1.807, 2.05) is 0 Å². The van der Waals surface area contributed by atoms with E-state index >= 15 is 0 Å². The van der Waals surface area contributed by atoms with E-state index in [1.54, 1.807) is 12.3 Å². The van der Waals surface area contributed by atoms with Crippen LogP contribution in [0.25, 0.3) is 0 Å². The van der Waals surface area contributed by atoms with Gasteiger partial charge in [-0.05, 0) is 32.0 Å². The molecule has 0 bridgehead atoms. The van der Waals surface area contributed by atoms with Gasteiger partial charge in [-0.1, -0.05) is 6.42 Å². The smallest absolute Gasteiger partial charge is 0.196 e. The van der Waals surface area contributed by atoms with Crippen molar-refractivity contribution in [2.24, 2.45) is 0 Å². The summed E-state index contributed by atoms with van der Waals surface area (Å²) in [6.45, 7) is 2.62. The number of hydrogen-bond acceptors (Lipinski definition) is 3. The van der Waals surface area contributed by atoms with Crippen molar-refractivity contribution in [1.29, 1.82) is 0 Å². The third kappa shape index (κ3) is 2.20. The fourth-order valence-electron chi connectivity index (χ4n) is 1.82. The lowest BCUT2D eigenvalue weighted by atomic mass is 10.1. The van der Waals surface area contributed by atoms with Crippen LogP contribution in [0.15, 0.2) is 12.3 Å². The van der Waals surface area contributed by atoms with Gasteiger partial charge in [0.2, 0.25) is 0 Å². The third-order valence-electron chi connectivity index (χ3n) is 2.60. The molecule has 1 aliphatic heterocycles. The van der Waals surface area contributed by atoms with Crippen molar-refractivity contribution in [1.82, 2.24) is 15.1 Å².